The number of carbonyl (C=O) groups is 1. The van der Waals surface area contributed by atoms with Crippen LogP contribution in [0.1, 0.15) is 39.2 Å². The molecule has 0 saturated carbocycles. The first-order valence-corrected chi connectivity index (χ1v) is 8.88. The summed E-state index contributed by atoms with van der Waals surface area (Å²) in [5, 5.41) is 14.1. The summed E-state index contributed by atoms with van der Waals surface area (Å²) < 4.78 is 10.7. The van der Waals surface area contributed by atoms with E-state index in [4.69, 9.17) is 9.47 Å². The van der Waals surface area contributed by atoms with Crippen molar-refractivity contribution in [3.05, 3.63) is 23.8 Å². The number of fused-ring (bicyclic) bond motifs is 1. The fraction of sp³-hybridized carbons (Fsp3) is 0.632. The molecule has 0 aliphatic carbocycles. The third-order valence-electron chi connectivity index (χ3n) is 4.55. The molecule has 0 spiro atoms. The predicted molar refractivity (Wildman–Crippen MR) is 94.5 cm³/mol. The zero-order chi connectivity index (χ0) is 18.1. The molecule has 6 nitrogen and oxygen atoms in total. The molecule has 2 aliphatic rings. The lowest BCUT2D eigenvalue weighted by Crippen LogP contribution is -2.59. The van der Waals surface area contributed by atoms with E-state index in [1.807, 2.05) is 18.2 Å². The average molecular weight is 348 g/mol. The second-order valence-electron chi connectivity index (χ2n) is 8.21. The molecule has 2 N–H and O–H groups in total. The van der Waals surface area contributed by atoms with Crippen LogP contribution in [-0.4, -0.2) is 47.9 Å². The van der Waals surface area contributed by atoms with E-state index in [0.717, 1.165) is 30.0 Å². The minimum atomic E-state index is -1.32. The number of piperidine rings is 1. The Morgan fingerprint density at radius 3 is 2.80 bits per heavy atom. The number of carbonyl (C=O) groups excluding carboxylic acids is 1. The molecule has 2 aliphatic heterocycles. The van der Waals surface area contributed by atoms with Crippen LogP contribution in [0.4, 0.5) is 0 Å². The predicted octanol–water partition coefficient (Wildman–Crippen LogP) is 1.90. The minimum absolute atomic E-state index is 0.0217. The number of rotatable bonds is 5. The number of amides is 1. The SMILES string of the molecule is CC(C)(C)CN1CCC[C@@](O)(CNCc2ccc3c(c2)OCO3)C1=O. The Hall–Kier alpha value is -1.79. The number of benzene rings is 1. The molecule has 1 saturated heterocycles. The van der Waals surface area contributed by atoms with Crippen molar-refractivity contribution < 1.29 is 19.4 Å². The molecule has 0 unspecified atom stereocenters. The molecule has 2 heterocycles. The third-order valence-corrected chi connectivity index (χ3v) is 4.55. The van der Waals surface area contributed by atoms with Crippen molar-refractivity contribution in [1.82, 2.24) is 10.2 Å². The van der Waals surface area contributed by atoms with Gasteiger partial charge in [0.25, 0.3) is 5.91 Å². The van der Waals surface area contributed by atoms with Crippen LogP contribution >= 0.6 is 0 Å². The first kappa shape index (κ1) is 18.0. The summed E-state index contributed by atoms with van der Waals surface area (Å²) in [5.41, 5.74) is -0.268. The van der Waals surface area contributed by atoms with Crippen LogP contribution in [0.2, 0.25) is 0 Å². The first-order chi connectivity index (χ1) is 11.8. The molecular formula is C19H28N2O4. The van der Waals surface area contributed by atoms with Gasteiger partial charge in [-0.15, -0.1) is 0 Å². The Morgan fingerprint density at radius 2 is 2.04 bits per heavy atom. The van der Waals surface area contributed by atoms with Gasteiger partial charge in [-0.3, -0.25) is 4.79 Å². The van der Waals surface area contributed by atoms with Gasteiger partial charge in [0.1, 0.15) is 0 Å². The van der Waals surface area contributed by atoms with Crippen molar-refractivity contribution in [3.8, 4) is 11.5 Å². The first-order valence-electron chi connectivity index (χ1n) is 8.88. The van der Waals surface area contributed by atoms with Crippen LogP contribution in [-0.2, 0) is 11.3 Å². The summed E-state index contributed by atoms with van der Waals surface area (Å²) in [7, 11) is 0. The zero-order valence-corrected chi connectivity index (χ0v) is 15.3. The molecule has 25 heavy (non-hydrogen) atoms. The van der Waals surface area contributed by atoms with Gasteiger partial charge in [-0.25, -0.2) is 0 Å². The Kier molecular flexibility index (Phi) is 4.93. The van der Waals surface area contributed by atoms with Gasteiger partial charge >= 0.3 is 0 Å². The Balaban J connectivity index is 1.57. The summed E-state index contributed by atoms with van der Waals surface area (Å²) in [6, 6.07) is 5.76. The highest BCUT2D eigenvalue weighted by atomic mass is 16.7. The Morgan fingerprint density at radius 1 is 1.28 bits per heavy atom. The normalized spacial score (nSPS) is 23.2. The molecule has 0 bridgehead atoms. The van der Waals surface area contributed by atoms with E-state index in [1.54, 1.807) is 4.90 Å². The zero-order valence-electron chi connectivity index (χ0n) is 15.3. The molecular weight excluding hydrogens is 320 g/mol. The van der Waals surface area contributed by atoms with Crippen LogP contribution < -0.4 is 14.8 Å². The van der Waals surface area contributed by atoms with E-state index in [2.05, 4.69) is 26.1 Å². The topological polar surface area (TPSA) is 71.0 Å². The minimum Gasteiger partial charge on any atom is -0.454 e. The van der Waals surface area contributed by atoms with Gasteiger partial charge in [0.05, 0.1) is 0 Å². The molecule has 3 rings (SSSR count). The van der Waals surface area contributed by atoms with E-state index in [1.165, 1.54) is 0 Å². The van der Waals surface area contributed by atoms with E-state index in [9.17, 15) is 9.90 Å². The lowest BCUT2D eigenvalue weighted by Gasteiger charge is -2.41. The summed E-state index contributed by atoms with van der Waals surface area (Å²) in [6.07, 6.45) is 1.32. The number of nitrogens with zero attached hydrogens (tertiary/aromatic N) is 1. The molecule has 1 aromatic rings. The smallest absolute Gasteiger partial charge is 0.255 e. The fourth-order valence-electron chi connectivity index (χ4n) is 3.42. The summed E-state index contributed by atoms with van der Waals surface area (Å²) in [6.45, 7) is 8.76. The molecule has 138 valence electrons. The Labute approximate surface area is 149 Å². The number of hydrogen-bond acceptors (Lipinski definition) is 5. The number of nitrogens with one attached hydrogen (secondary N) is 1. The maximum absolute atomic E-state index is 12.7. The average Bonchev–Trinajstić information content (AvgIpc) is 2.98. The van der Waals surface area contributed by atoms with Crippen molar-refractivity contribution in [1.29, 1.82) is 0 Å². The van der Waals surface area contributed by atoms with Gasteiger partial charge in [0.2, 0.25) is 6.79 Å². The van der Waals surface area contributed by atoms with Gasteiger partial charge in [0.15, 0.2) is 17.1 Å². The van der Waals surface area contributed by atoms with Gasteiger partial charge < -0.3 is 24.8 Å². The summed E-state index contributed by atoms with van der Waals surface area (Å²) in [5.74, 6) is 1.33. The van der Waals surface area contributed by atoms with Gasteiger partial charge in [-0.05, 0) is 36.0 Å². The molecule has 1 aromatic carbocycles. The second-order valence-corrected chi connectivity index (χ2v) is 8.21. The van der Waals surface area contributed by atoms with E-state index in [0.29, 0.717) is 19.5 Å². The molecule has 1 fully saturated rings. The fourth-order valence-corrected chi connectivity index (χ4v) is 3.42. The molecule has 6 heteroatoms. The van der Waals surface area contributed by atoms with Gasteiger partial charge in [-0.1, -0.05) is 26.8 Å². The summed E-state index contributed by atoms with van der Waals surface area (Å²) >= 11 is 0. The maximum atomic E-state index is 12.7. The standard InChI is InChI=1S/C19H28N2O4/c1-18(2,3)12-21-8-4-7-19(23,17(21)22)11-20-10-14-5-6-15-16(9-14)25-13-24-15/h5-6,9,20,23H,4,7-8,10-13H2,1-3H3/t19-/m1/s1. The number of likely N-dealkylation sites (tertiary alicyclic amines) is 1. The lowest BCUT2D eigenvalue weighted by atomic mass is 9.88. The van der Waals surface area contributed by atoms with Crippen LogP contribution in [0.3, 0.4) is 0 Å². The van der Waals surface area contributed by atoms with Crippen molar-refractivity contribution in [2.75, 3.05) is 26.4 Å². The number of ether oxygens (including phenoxy) is 2. The van der Waals surface area contributed by atoms with Crippen molar-refractivity contribution in [2.24, 2.45) is 5.41 Å². The molecule has 1 amide bonds. The number of hydrogen-bond donors (Lipinski definition) is 2. The van der Waals surface area contributed by atoms with Gasteiger partial charge in [-0.2, -0.15) is 0 Å². The van der Waals surface area contributed by atoms with Crippen molar-refractivity contribution >= 4 is 5.91 Å². The van der Waals surface area contributed by atoms with Crippen LogP contribution in [0.25, 0.3) is 0 Å². The third kappa shape index (κ3) is 4.25. The second kappa shape index (κ2) is 6.84. The largest absolute Gasteiger partial charge is 0.454 e. The molecule has 0 radical (unpaired) electrons. The highest BCUT2D eigenvalue weighted by molar-refractivity contribution is 5.86. The van der Waals surface area contributed by atoms with Crippen molar-refractivity contribution in [2.45, 2.75) is 45.8 Å². The van der Waals surface area contributed by atoms with E-state index >= 15 is 0 Å². The van der Waals surface area contributed by atoms with Crippen molar-refractivity contribution in [3.63, 3.8) is 0 Å². The summed E-state index contributed by atoms with van der Waals surface area (Å²) in [4.78, 5) is 14.5. The highest BCUT2D eigenvalue weighted by Crippen LogP contribution is 2.32. The lowest BCUT2D eigenvalue weighted by molar-refractivity contribution is -0.158. The van der Waals surface area contributed by atoms with Crippen LogP contribution in [0.15, 0.2) is 18.2 Å². The maximum Gasteiger partial charge on any atom is 0.255 e. The van der Waals surface area contributed by atoms with E-state index < -0.39 is 5.60 Å². The monoisotopic (exact) mass is 348 g/mol. The molecule has 1 atom stereocenters. The van der Waals surface area contributed by atoms with E-state index in [-0.39, 0.29) is 24.7 Å². The number of aliphatic hydroxyl groups is 1. The van der Waals surface area contributed by atoms with Crippen LogP contribution in [0.5, 0.6) is 11.5 Å². The Bertz CT molecular complexity index is 641. The molecule has 0 aromatic heterocycles. The van der Waals surface area contributed by atoms with Gasteiger partial charge in [0, 0.05) is 26.2 Å². The quantitative estimate of drug-likeness (QED) is 0.850. The van der Waals surface area contributed by atoms with Crippen LogP contribution in [0, 0.1) is 5.41 Å². The highest BCUT2D eigenvalue weighted by Gasteiger charge is 2.42.